The van der Waals surface area contributed by atoms with Gasteiger partial charge < -0.3 is 24.1 Å². The zero-order valence-corrected chi connectivity index (χ0v) is 17.1. The average molecular weight is 421 g/mol. The molecule has 1 aromatic heterocycles. The number of ether oxygens (including phenoxy) is 2. The lowest BCUT2D eigenvalue weighted by Gasteiger charge is -2.28. The number of esters is 1. The topological polar surface area (TPSA) is 93.9 Å². The number of morpholine rings is 1. The highest BCUT2D eigenvalue weighted by Crippen LogP contribution is 2.21. The van der Waals surface area contributed by atoms with Crippen LogP contribution in [0.5, 0.6) is 0 Å². The van der Waals surface area contributed by atoms with Gasteiger partial charge in [-0.05, 0) is 43.3 Å². The number of hydrogen-bond donors (Lipinski definition) is 1. The van der Waals surface area contributed by atoms with Gasteiger partial charge in [-0.3, -0.25) is 4.79 Å². The zero-order chi connectivity index (χ0) is 21.6. The lowest BCUT2D eigenvalue weighted by atomic mass is 10.1. The minimum atomic E-state index is -0.944. The Morgan fingerprint density at radius 3 is 2.42 bits per heavy atom. The van der Waals surface area contributed by atoms with Crippen LogP contribution in [0.25, 0.3) is 11.3 Å². The number of carbonyl (C=O) groups is 2. The predicted molar refractivity (Wildman–Crippen MR) is 115 cm³/mol. The fraction of sp³-hybridized carbons (Fsp3) is 0.261. The quantitative estimate of drug-likeness (QED) is 0.610. The Kier molecular flexibility index (Phi) is 6.28. The van der Waals surface area contributed by atoms with Gasteiger partial charge in [0.15, 0.2) is 18.3 Å². The van der Waals surface area contributed by atoms with E-state index in [9.17, 15) is 9.59 Å². The first-order valence-electron chi connectivity index (χ1n) is 10.0. The van der Waals surface area contributed by atoms with Gasteiger partial charge in [-0.1, -0.05) is 12.1 Å². The third kappa shape index (κ3) is 5.10. The van der Waals surface area contributed by atoms with Gasteiger partial charge in [-0.25, -0.2) is 9.78 Å². The second kappa shape index (κ2) is 9.44. The molecule has 4 rings (SSSR count). The summed E-state index contributed by atoms with van der Waals surface area (Å²) in [5.74, 6) is -0.368. The molecule has 8 nitrogen and oxygen atoms in total. The van der Waals surface area contributed by atoms with E-state index in [-0.39, 0.29) is 0 Å². The smallest absolute Gasteiger partial charge is 0.338 e. The Labute approximate surface area is 179 Å². The highest BCUT2D eigenvalue weighted by Gasteiger charge is 2.19. The molecular formula is C23H23N3O5. The molecule has 1 N–H and O–H groups in total. The van der Waals surface area contributed by atoms with Crippen LogP contribution in [0.1, 0.15) is 17.3 Å². The average Bonchev–Trinajstić information content (AvgIpc) is 3.35. The molecule has 1 saturated heterocycles. The summed E-state index contributed by atoms with van der Waals surface area (Å²) >= 11 is 0. The molecular weight excluding hydrogens is 398 g/mol. The normalized spacial score (nSPS) is 14.7. The molecule has 1 fully saturated rings. The van der Waals surface area contributed by atoms with Crippen molar-refractivity contribution < 1.29 is 23.5 Å². The molecule has 0 saturated carbocycles. The fourth-order valence-corrected chi connectivity index (χ4v) is 3.23. The van der Waals surface area contributed by atoms with E-state index in [0.717, 1.165) is 24.3 Å². The first kappa shape index (κ1) is 20.6. The highest BCUT2D eigenvalue weighted by molar-refractivity contribution is 5.97. The summed E-state index contributed by atoms with van der Waals surface area (Å²) in [6.45, 7) is 4.66. The maximum Gasteiger partial charge on any atom is 0.338 e. The van der Waals surface area contributed by atoms with Crippen molar-refractivity contribution in [1.82, 2.24) is 4.98 Å². The Bertz CT molecular complexity index is 1010. The first-order chi connectivity index (χ1) is 15.1. The number of aromatic nitrogens is 1. The predicted octanol–water partition coefficient (Wildman–Crippen LogP) is 3.36. The molecule has 0 aliphatic carbocycles. The molecule has 1 atom stereocenters. The van der Waals surface area contributed by atoms with Crippen molar-refractivity contribution in [2.75, 3.05) is 36.5 Å². The van der Waals surface area contributed by atoms with E-state index in [0.29, 0.717) is 30.2 Å². The van der Waals surface area contributed by atoms with Crippen molar-refractivity contribution in [3.63, 3.8) is 0 Å². The number of benzene rings is 2. The molecule has 8 heteroatoms. The molecule has 1 amide bonds. The Morgan fingerprint density at radius 2 is 1.77 bits per heavy atom. The maximum atomic E-state index is 12.4. The van der Waals surface area contributed by atoms with Gasteiger partial charge in [0.25, 0.3) is 5.91 Å². The number of nitrogens with one attached hydrogen (secondary N) is 1. The first-order valence-corrected chi connectivity index (χ1v) is 10.0. The molecule has 2 aromatic carbocycles. The third-order valence-electron chi connectivity index (χ3n) is 5.00. The molecule has 0 bridgehead atoms. The summed E-state index contributed by atoms with van der Waals surface area (Å²) in [5.41, 5.74) is 2.86. The molecule has 2 heterocycles. The van der Waals surface area contributed by atoms with Crippen molar-refractivity contribution in [3.8, 4) is 11.3 Å². The van der Waals surface area contributed by atoms with Crippen LogP contribution in [-0.2, 0) is 14.3 Å². The molecule has 1 aliphatic heterocycles. The molecule has 31 heavy (non-hydrogen) atoms. The number of nitrogens with zero attached hydrogens (tertiary/aromatic N) is 2. The van der Waals surface area contributed by atoms with Crippen LogP contribution in [0.3, 0.4) is 0 Å². The van der Waals surface area contributed by atoms with E-state index in [1.807, 2.05) is 24.3 Å². The van der Waals surface area contributed by atoms with Gasteiger partial charge in [-0.2, -0.15) is 0 Å². The van der Waals surface area contributed by atoms with Crippen molar-refractivity contribution >= 4 is 23.3 Å². The van der Waals surface area contributed by atoms with Gasteiger partial charge in [0.05, 0.1) is 25.0 Å². The second-order valence-electron chi connectivity index (χ2n) is 7.13. The summed E-state index contributed by atoms with van der Waals surface area (Å²) in [6, 6.07) is 14.3. The summed E-state index contributed by atoms with van der Waals surface area (Å²) < 4.78 is 15.9. The third-order valence-corrected chi connectivity index (χ3v) is 5.00. The highest BCUT2D eigenvalue weighted by atomic mass is 16.5. The molecule has 3 aromatic rings. The van der Waals surface area contributed by atoms with Gasteiger partial charge in [-0.15, -0.1) is 0 Å². The number of anilines is 2. The van der Waals surface area contributed by atoms with Gasteiger partial charge in [0.1, 0.15) is 0 Å². The van der Waals surface area contributed by atoms with Crippen molar-refractivity contribution in [2.24, 2.45) is 0 Å². The van der Waals surface area contributed by atoms with E-state index < -0.39 is 18.0 Å². The Balaban J connectivity index is 1.31. The summed E-state index contributed by atoms with van der Waals surface area (Å²) in [4.78, 5) is 30.9. The van der Waals surface area contributed by atoms with Crippen LogP contribution in [0.4, 0.5) is 11.4 Å². The SMILES string of the molecule is CC(OC(=O)c1ccc(-c2cnco2)cc1)C(=O)Nc1ccc(N2CCOCC2)cc1. The number of amides is 1. The largest absolute Gasteiger partial charge is 0.449 e. The lowest BCUT2D eigenvalue weighted by Crippen LogP contribution is -2.36. The van der Waals surface area contributed by atoms with Gasteiger partial charge in [0, 0.05) is 30.0 Å². The van der Waals surface area contributed by atoms with E-state index in [1.54, 1.807) is 30.5 Å². The van der Waals surface area contributed by atoms with Crippen LogP contribution < -0.4 is 10.2 Å². The van der Waals surface area contributed by atoms with Crippen LogP contribution in [0.2, 0.25) is 0 Å². The summed E-state index contributed by atoms with van der Waals surface area (Å²) in [7, 11) is 0. The van der Waals surface area contributed by atoms with Gasteiger partial charge >= 0.3 is 5.97 Å². The second-order valence-corrected chi connectivity index (χ2v) is 7.13. The van der Waals surface area contributed by atoms with Crippen LogP contribution in [0.15, 0.2) is 65.5 Å². The number of oxazole rings is 1. The monoisotopic (exact) mass is 421 g/mol. The molecule has 1 aliphatic rings. The summed E-state index contributed by atoms with van der Waals surface area (Å²) in [5, 5.41) is 2.78. The van der Waals surface area contributed by atoms with E-state index in [4.69, 9.17) is 13.9 Å². The maximum absolute atomic E-state index is 12.4. The van der Waals surface area contributed by atoms with Crippen LogP contribution >= 0.6 is 0 Å². The van der Waals surface area contributed by atoms with E-state index >= 15 is 0 Å². The van der Waals surface area contributed by atoms with Crippen LogP contribution in [-0.4, -0.2) is 49.3 Å². The lowest BCUT2D eigenvalue weighted by molar-refractivity contribution is -0.123. The molecule has 160 valence electrons. The molecule has 0 spiro atoms. The Morgan fingerprint density at radius 1 is 1.06 bits per heavy atom. The van der Waals surface area contributed by atoms with Crippen molar-refractivity contribution in [3.05, 3.63) is 66.7 Å². The van der Waals surface area contributed by atoms with Crippen LogP contribution in [0, 0.1) is 0 Å². The minimum absolute atomic E-state index is 0.345. The van der Waals surface area contributed by atoms with E-state index in [1.165, 1.54) is 13.3 Å². The Hall–Kier alpha value is -3.65. The number of rotatable bonds is 6. The van der Waals surface area contributed by atoms with Crippen molar-refractivity contribution in [1.29, 1.82) is 0 Å². The summed E-state index contributed by atoms with van der Waals surface area (Å²) in [6.07, 6.45) is 1.99. The van der Waals surface area contributed by atoms with Gasteiger partial charge in [0.2, 0.25) is 0 Å². The molecule has 0 radical (unpaired) electrons. The fourth-order valence-electron chi connectivity index (χ4n) is 3.23. The minimum Gasteiger partial charge on any atom is -0.449 e. The molecule has 1 unspecified atom stereocenters. The number of carbonyl (C=O) groups excluding carboxylic acids is 2. The zero-order valence-electron chi connectivity index (χ0n) is 17.1. The van der Waals surface area contributed by atoms with Crippen molar-refractivity contribution in [2.45, 2.75) is 13.0 Å². The number of hydrogen-bond acceptors (Lipinski definition) is 7. The standard InChI is InChI=1S/C23H23N3O5/c1-16(31-23(28)18-4-2-17(3-5-18)21-14-24-15-30-21)22(27)25-19-6-8-20(9-7-19)26-10-12-29-13-11-26/h2-9,14-16H,10-13H2,1H3,(H,25,27). The van der Waals surface area contributed by atoms with E-state index in [2.05, 4.69) is 15.2 Å².